The van der Waals surface area contributed by atoms with Crippen molar-refractivity contribution in [2.24, 2.45) is 22.1 Å². The summed E-state index contributed by atoms with van der Waals surface area (Å²) in [7, 11) is 0. The molecule has 2 unspecified atom stereocenters. The molecule has 2 rings (SSSR count). The molecule has 2 fully saturated rings. The lowest BCUT2D eigenvalue weighted by molar-refractivity contribution is 0.0874. The zero-order valence-electron chi connectivity index (χ0n) is 9.99. The first-order valence-corrected chi connectivity index (χ1v) is 5.94. The van der Waals surface area contributed by atoms with Gasteiger partial charge in [-0.3, -0.25) is 4.99 Å². The molecule has 1 saturated heterocycles. The SMILES string of the molecule is CC(C)(C)C(N)=NC1CCOC1C1CC1. The van der Waals surface area contributed by atoms with Gasteiger partial charge in [-0.2, -0.15) is 0 Å². The highest BCUT2D eigenvalue weighted by Gasteiger charge is 2.40. The van der Waals surface area contributed by atoms with Gasteiger partial charge in [0.2, 0.25) is 0 Å². The molecule has 1 aliphatic carbocycles. The predicted octanol–water partition coefficient (Wildman–Crippen LogP) is 1.96. The lowest BCUT2D eigenvalue weighted by Crippen LogP contribution is -2.33. The minimum absolute atomic E-state index is 0.0172. The molecule has 0 aromatic carbocycles. The van der Waals surface area contributed by atoms with Gasteiger partial charge < -0.3 is 10.5 Å². The second kappa shape index (κ2) is 3.78. The zero-order chi connectivity index (χ0) is 11.1. The number of nitrogens with zero attached hydrogens (tertiary/aromatic N) is 1. The molecule has 2 aliphatic rings. The van der Waals surface area contributed by atoms with E-state index in [4.69, 9.17) is 10.5 Å². The molecule has 15 heavy (non-hydrogen) atoms. The quantitative estimate of drug-likeness (QED) is 0.559. The Bertz CT molecular complexity index is 263. The van der Waals surface area contributed by atoms with Crippen LogP contribution in [0.5, 0.6) is 0 Å². The maximum Gasteiger partial charge on any atom is 0.0995 e. The van der Waals surface area contributed by atoms with E-state index in [1.165, 1.54) is 12.8 Å². The minimum Gasteiger partial charge on any atom is -0.387 e. The van der Waals surface area contributed by atoms with Crippen molar-refractivity contribution in [2.45, 2.75) is 52.2 Å². The number of amidine groups is 1. The molecular formula is C12H22N2O. The summed E-state index contributed by atoms with van der Waals surface area (Å²) in [6.07, 6.45) is 4.02. The third-order valence-corrected chi connectivity index (χ3v) is 3.26. The molecule has 1 aliphatic heterocycles. The van der Waals surface area contributed by atoms with Gasteiger partial charge in [0.1, 0.15) is 0 Å². The molecule has 2 N–H and O–H groups in total. The Hall–Kier alpha value is -0.570. The van der Waals surface area contributed by atoms with E-state index in [2.05, 4.69) is 25.8 Å². The van der Waals surface area contributed by atoms with E-state index in [0.29, 0.717) is 12.1 Å². The van der Waals surface area contributed by atoms with Gasteiger partial charge in [-0.05, 0) is 25.2 Å². The van der Waals surface area contributed by atoms with Gasteiger partial charge in [0.25, 0.3) is 0 Å². The molecule has 1 saturated carbocycles. The lowest BCUT2D eigenvalue weighted by Gasteiger charge is -2.21. The molecule has 0 amide bonds. The number of hydrogen-bond donors (Lipinski definition) is 1. The molecule has 0 radical (unpaired) electrons. The summed E-state index contributed by atoms with van der Waals surface area (Å²) in [4.78, 5) is 4.66. The van der Waals surface area contributed by atoms with Crippen molar-refractivity contribution >= 4 is 5.84 Å². The van der Waals surface area contributed by atoms with Crippen LogP contribution in [0.4, 0.5) is 0 Å². The first kappa shape index (κ1) is 10.9. The number of rotatable bonds is 2. The van der Waals surface area contributed by atoms with Crippen LogP contribution < -0.4 is 5.73 Å². The molecular weight excluding hydrogens is 188 g/mol. The second-order valence-corrected chi connectivity index (χ2v) is 5.79. The van der Waals surface area contributed by atoms with Crippen molar-refractivity contribution in [3.63, 3.8) is 0 Å². The van der Waals surface area contributed by atoms with Crippen LogP contribution >= 0.6 is 0 Å². The van der Waals surface area contributed by atoms with Crippen LogP contribution in [0.1, 0.15) is 40.0 Å². The topological polar surface area (TPSA) is 47.6 Å². The average molecular weight is 210 g/mol. The Morgan fingerprint density at radius 2 is 1.93 bits per heavy atom. The van der Waals surface area contributed by atoms with Crippen molar-refractivity contribution in [1.29, 1.82) is 0 Å². The predicted molar refractivity (Wildman–Crippen MR) is 61.9 cm³/mol. The summed E-state index contributed by atoms with van der Waals surface area (Å²) in [6.45, 7) is 7.17. The van der Waals surface area contributed by atoms with Gasteiger partial charge >= 0.3 is 0 Å². The van der Waals surface area contributed by atoms with Crippen molar-refractivity contribution in [3.05, 3.63) is 0 Å². The fourth-order valence-corrected chi connectivity index (χ4v) is 1.99. The van der Waals surface area contributed by atoms with Crippen LogP contribution in [0.15, 0.2) is 4.99 Å². The standard InChI is InChI=1S/C12H22N2O/c1-12(2,3)11(13)14-9-6-7-15-10(9)8-4-5-8/h8-10H,4-7H2,1-3H3,(H2,13,14). The Morgan fingerprint density at radius 1 is 1.27 bits per heavy atom. The largest absolute Gasteiger partial charge is 0.387 e. The molecule has 0 aromatic rings. The monoisotopic (exact) mass is 210 g/mol. The Morgan fingerprint density at radius 3 is 2.47 bits per heavy atom. The highest BCUT2D eigenvalue weighted by Crippen LogP contribution is 2.40. The molecule has 0 bridgehead atoms. The van der Waals surface area contributed by atoms with Gasteiger partial charge in [0, 0.05) is 12.0 Å². The van der Waals surface area contributed by atoms with Gasteiger partial charge in [0.15, 0.2) is 0 Å². The van der Waals surface area contributed by atoms with E-state index >= 15 is 0 Å². The molecule has 2 atom stereocenters. The van der Waals surface area contributed by atoms with E-state index in [0.717, 1.165) is 24.8 Å². The molecule has 0 spiro atoms. The third kappa shape index (κ3) is 2.51. The van der Waals surface area contributed by atoms with E-state index in [1.807, 2.05) is 0 Å². The molecule has 86 valence electrons. The number of hydrogen-bond acceptors (Lipinski definition) is 2. The Kier molecular flexibility index (Phi) is 2.75. The average Bonchev–Trinajstić information content (AvgIpc) is 2.86. The van der Waals surface area contributed by atoms with E-state index in [9.17, 15) is 0 Å². The van der Waals surface area contributed by atoms with E-state index in [-0.39, 0.29) is 5.41 Å². The van der Waals surface area contributed by atoms with Gasteiger partial charge in [-0.15, -0.1) is 0 Å². The first-order chi connectivity index (χ1) is 6.98. The highest BCUT2D eigenvalue weighted by molar-refractivity contribution is 5.85. The summed E-state index contributed by atoms with van der Waals surface area (Å²) in [5.41, 5.74) is 5.99. The maximum atomic E-state index is 6.01. The van der Waals surface area contributed by atoms with Crippen LogP contribution in [0.25, 0.3) is 0 Å². The molecule has 1 heterocycles. The molecule has 0 aromatic heterocycles. The minimum atomic E-state index is -0.0172. The molecule has 3 heteroatoms. The van der Waals surface area contributed by atoms with Crippen molar-refractivity contribution in [2.75, 3.05) is 6.61 Å². The van der Waals surface area contributed by atoms with E-state index in [1.54, 1.807) is 0 Å². The smallest absolute Gasteiger partial charge is 0.0995 e. The molecule has 3 nitrogen and oxygen atoms in total. The summed E-state index contributed by atoms with van der Waals surface area (Å²) in [5.74, 6) is 1.53. The van der Waals surface area contributed by atoms with Crippen LogP contribution in [0.2, 0.25) is 0 Å². The van der Waals surface area contributed by atoms with E-state index < -0.39 is 0 Å². The van der Waals surface area contributed by atoms with Gasteiger partial charge in [0.05, 0.1) is 18.0 Å². The van der Waals surface area contributed by atoms with Crippen molar-refractivity contribution in [3.8, 4) is 0 Å². The van der Waals surface area contributed by atoms with Crippen LogP contribution in [-0.2, 0) is 4.74 Å². The zero-order valence-corrected chi connectivity index (χ0v) is 9.99. The fraction of sp³-hybridized carbons (Fsp3) is 0.917. The van der Waals surface area contributed by atoms with Crippen LogP contribution in [0, 0.1) is 11.3 Å². The second-order valence-electron chi connectivity index (χ2n) is 5.79. The van der Waals surface area contributed by atoms with Crippen LogP contribution in [0.3, 0.4) is 0 Å². The number of ether oxygens (including phenoxy) is 1. The Balaban J connectivity index is 2.03. The Labute approximate surface area is 92.1 Å². The van der Waals surface area contributed by atoms with Crippen molar-refractivity contribution in [1.82, 2.24) is 0 Å². The third-order valence-electron chi connectivity index (χ3n) is 3.26. The van der Waals surface area contributed by atoms with Gasteiger partial charge in [-0.25, -0.2) is 0 Å². The van der Waals surface area contributed by atoms with Crippen molar-refractivity contribution < 1.29 is 4.74 Å². The number of aliphatic imine (C=N–C) groups is 1. The summed E-state index contributed by atoms with van der Waals surface area (Å²) in [6, 6.07) is 0.316. The normalized spacial score (nSPS) is 33.4. The summed E-state index contributed by atoms with van der Waals surface area (Å²) in [5, 5.41) is 0. The first-order valence-electron chi connectivity index (χ1n) is 5.94. The maximum absolute atomic E-state index is 6.01. The van der Waals surface area contributed by atoms with Gasteiger partial charge in [-0.1, -0.05) is 20.8 Å². The summed E-state index contributed by atoms with van der Waals surface area (Å²) < 4.78 is 5.74. The highest BCUT2D eigenvalue weighted by atomic mass is 16.5. The fourth-order valence-electron chi connectivity index (χ4n) is 1.99. The number of nitrogens with two attached hydrogens (primary N) is 1. The van der Waals surface area contributed by atoms with Crippen LogP contribution in [-0.4, -0.2) is 24.6 Å². The summed E-state index contributed by atoms with van der Waals surface area (Å²) >= 11 is 0. The lowest BCUT2D eigenvalue weighted by atomic mass is 9.95.